The molecule has 1 amide bonds. The van der Waals surface area contributed by atoms with Gasteiger partial charge in [-0.2, -0.15) is 4.98 Å². The summed E-state index contributed by atoms with van der Waals surface area (Å²) in [5, 5.41) is 4.14. The number of rotatable bonds is 7. The van der Waals surface area contributed by atoms with Crippen molar-refractivity contribution in [3.05, 3.63) is 53.9 Å². The smallest absolute Gasteiger partial charge is 0.257 e. The lowest BCUT2D eigenvalue weighted by atomic mass is 10.1. The van der Waals surface area contributed by atoms with Crippen molar-refractivity contribution in [2.45, 2.75) is 25.3 Å². The van der Waals surface area contributed by atoms with Crippen LogP contribution in [-0.2, 0) is 4.79 Å². The fourth-order valence-corrected chi connectivity index (χ4v) is 3.82. The Kier molecular flexibility index (Phi) is 5.79. The van der Waals surface area contributed by atoms with Crippen LogP contribution in [0.1, 0.15) is 36.7 Å². The van der Waals surface area contributed by atoms with E-state index in [0.717, 1.165) is 16.9 Å². The molecule has 4 rings (SSSR count). The molecule has 0 radical (unpaired) electrons. The highest BCUT2D eigenvalue weighted by Crippen LogP contribution is 2.36. The Morgan fingerprint density at radius 3 is 2.45 bits per heavy atom. The number of ether oxygens (including phenoxy) is 3. The number of hydrogen-bond donors (Lipinski definition) is 0. The number of benzene rings is 2. The molecule has 2 aromatic carbocycles. The summed E-state index contributed by atoms with van der Waals surface area (Å²) >= 11 is 0. The van der Waals surface area contributed by atoms with Gasteiger partial charge < -0.3 is 23.6 Å². The summed E-state index contributed by atoms with van der Waals surface area (Å²) < 4.78 is 21.3. The minimum atomic E-state index is -0.120. The molecule has 31 heavy (non-hydrogen) atoms. The first-order chi connectivity index (χ1) is 15.0. The van der Waals surface area contributed by atoms with Crippen LogP contribution in [0, 0.1) is 0 Å². The number of methoxy groups -OCH3 is 3. The van der Waals surface area contributed by atoms with Gasteiger partial charge in [0, 0.05) is 24.4 Å². The quantitative estimate of drug-likeness (QED) is 0.571. The summed E-state index contributed by atoms with van der Waals surface area (Å²) in [6.07, 6.45) is 0.346. The van der Waals surface area contributed by atoms with Gasteiger partial charge in [0.1, 0.15) is 5.75 Å². The molecule has 0 spiro atoms. The molecule has 8 heteroatoms. The normalized spacial score (nSPS) is 17.0. The second-order valence-corrected chi connectivity index (χ2v) is 7.42. The van der Waals surface area contributed by atoms with E-state index < -0.39 is 0 Å². The third-order valence-corrected chi connectivity index (χ3v) is 5.66. The molecule has 0 aliphatic carbocycles. The molecule has 162 valence electrons. The fourth-order valence-electron chi connectivity index (χ4n) is 3.82. The average molecular weight is 423 g/mol. The zero-order valence-corrected chi connectivity index (χ0v) is 18.0. The van der Waals surface area contributed by atoms with E-state index in [1.165, 1.54) is 0 Å². The van der Waals surface area contributed by atoms with Gasteiger partial charge in [-0.05, 0) is 48.9 Å². The highest BCUT2D eigenvalue weighted by atomic mass is 16.5. The molecule has 0 bridgehead atoms. The van der Waals surface area contributed by atoms with Crippen LogP contribution >= 0.6 is 0 Å². The number of amides is 1. The number of carbonyl (C=O) groups is 1. The second kappa shape index (κ2) is 8.67. The second-order valence-electron chi connectivity index (χ2n) is 7.42. The molecular weight excluding hydrogens is 398 g/mol. The van der Waals surface area contributed by atoms with Gasteiger partial charge in [-0.3, -0.25) is 4.79 Å². The lowest BCUT2D eigenvalue weighted by molar-refractivity contribution is -0.129. The van der Waals surface area contributed by atoms with E-state index in [4.69, 9.17) is 18.7 Å². The van der Waals surface area contributed by atoms with Crippen LogP contribution in [0.15, 0.2) is 47.0 Å². The minimum Gasteiger partial charge on any atom is -0.497 e. The number of likely N-dealkylation sites (tertiary alicyclic amines) is 1. The zero-order valence-electron chi connectivity index (χ0n) is 18.0. The highest BCUT2D eigenvalue weighted by Gasteiger charge is 2.36. The van der Waals surface area contributed by atoms with E-state index in [1.807, 2.05) is 54.3 Å². The van der Waals surface area contributed by atoms with E-state index in [1.54, 1.807) is 21.3 Å². The maximum atomic E-state index is 12.8. The van der Waals surface area contributed by atoms with Crippen LogP contribution < -0.4 is 14.2 Å². The first kappa shape index (κ1) is 20.7. The van der Waals surface area contributed by atoms with E-state index in [-0.39, 0.29) is 17.9 Å². The van der Waals surface area contributed by atoms with Crippen LogP contribution in [0.2, 0.25) is 0 Å². The minimum absolute atomic E-state index is 0.0584. The van der Waals surface area contributed by atoms with E-state index >= 15 is 0 Å². The van der Waals surface area contributed by atoms with Gasteiger partial charge in [0.15, 0.2) is 17.3 Å². The van der Waals surface area contributed by atoms with Crippen molar-refractivity contribution in [2.75, 3.05) is 27.9 Å². The predicted molar refractivity (Wildman–Crippen MR) is 113 cm³/mol. The standard InChI is InChI=1S/C23H25N3O5/c1-14(16-7-10-19(29-3)20(11-16)30-4)26-13-17(12-21(26)27)22-24-23(31-25-22)15-5-8-18(28-2)9-6-15/h5-11,14,17H,12-13H2,1-4H3. The van der Waals surface area contributed by atoms with Crippen molar-refractivity contribution in [2.24, 2.45) is 0 Å². The topological polar surface area (TPSA) is 86.9 Å². The molecule has 1 aromatic heterocycles. The molecule has 3 aromatic rings. The molecule has 1 aliphatic rings. The van der Waals surface area contributed by atoms with Gasteiger partial charge >= 0.3 is 0 Å². The predicted octanol–water partition coefficient (Wildman–Crippen LogP) is 3.84. The van der Waals surface area contributed by atoms with Crippen molar-refractivity contribution in [3.63, 3.8) is 0 Å². The molecule has 1 fully saturated rings. The van der Waals surface area contributed by atoms with Gasteiger partial charge in [-0.15, -0.1) is 0 Å². The average Bonchev–Trinajstić information content (AvgIpc) is 3.45. The lowest BCUT2D eigenvalue weighted by Gasteiger charge is -2.25. The highest BCUT2D eigenvalue weighted by molar-refractivity contribution is 5.80. The Labute approximate surface area is 180 Å². The van der Waals surface area contributed by atoms with Crippen LogP contribution in [0.3, 0.4) is 0 Å². The molecule has 0 N–H and O–H groups in total. The third-order valence-electron chi connectivity index (χ3n) is 5.66. The van der Waals surface area contributed by atoms with Crippen LogP contribution in [0.4, 0.5) is 0 Å². The van der Waals surface area contributed by atoms with Crippen LogP contribution in [0.5, 0.6) is 17.2 Å². The number of hydrogen-bond acceptors (Lipinski definition) is 7. The largest absolute Gasteiger partial charge is 0.497 e. The van der Waals surface area contributed by atoms with Crippen molar-refractivity contribution in [1.82, 2.24) is 15.0 Å². The molecular formula is C23H25N3O5. The van der Waals surface area contributed by atoms with Gasteiger partial charge in [-0.25, -0.2) is 0 Å². The molecule has 0 saturated carbocycles. The summed E-state index contributed by atoms with van der Waals surface area (Å²) in [5.41, 5.74) is 1.78. The first-order valence-corrected chi connectivity index (χ1v) is 10.0. The van der Waals surface area contributed by atoms with Crippen molar-refractivity contribution < 1.29 is 23.5 Å². The number of aromatic nitrogens is 2. The zero-order chi connectivity index (χ0) is 22.0. The Hall–Kier alpha value is -3.55. The Bertz CT molecular complexity index is 1060. The maximum Gasteiger partial charge on any atom is 0.257 e. The molecule has 1 saturated heterocycles. The molecule has 2 unspecified atom stereocenters. The SMILES string of the molecule is COc1ccc(-c2nc(C3CC(=O)N(C(C)c4ccc(OC)c(OC)c4)C3)no2)cc1. The van der Waals surface area contributed by atoms with Gasteiger partial charge in [0.2, 0.25) is 5.91 Å². The van der Waals surface area contributed by atoms with Crippen LogP contribution in [0.25, 0.3) is 11.5 Å². The Balaban J connectivity index is 1.50. The third kappa shape index (κ3) is 4.05. The van der Waals surface area contributed by atoms with Gasteiger partial charge in [0.05, 0.1) is 27.4 Å². The summed E-state index contributed by atoms with van der Waals surface area (Å²) in [4.78, 5) is 19.1. The summed E-state index contributed by atoms with van der Waals surface area (Å²) in [6, 6.07) is 13.0. The number of carbonyl (C=O) groups excluding carboxylic acids is 1. The Morgan fingerprint density at radius 2 is 1.77 bits per heavy atom. The van der Waals surface area contributed by atoms with Gasteiger partial charge in [0.25, 0.3) is 5.89 Å². The van der Waals surface area contributed by atoms with Crippen molar-refractivity contribution in [3.8, 4) is 28.7 Å². The van der Waals surface area contributed by atoms with E-state index in [0.29, 0.717) is 36.2 Å². The summed E-state index contributed by atoms with van der Waals surface area (Å²) in [7, 11) is 4.81. The first-order valence-electron chi connectivity index (χ1n) is 10.0. The molecule has 1 aliphatic heterocycles. The van der Waals surface area contributed by atoms with Crippen LogP contribution in [-0.4, -0.2) is 48.8 Å². The van der Waals surface area contributed by atoms with Crippen molar-refractivity contribution in [1.29, 1.82) is 0 Å². The fraction of sp³-hybridized carbons (Fsp3) is 0.348. The Morgan fingerprint density at radius 1 is 1.03 bits per heavy atom. The monoisotopic (exact) mass is 423 g/mol. The lowest BCUT2D eigenvalue weighted by Crippen LogP contribution is -2.28. The summed E-state index contributed by atoms with van der Waals surface area (Å²) in [5.74, 6) is 2.95. The van der Waals surface area contributed by atoms with Crippen molar-refractivity contribution >= 4 is 5.91 Å². The summed E-state index contributed by atoms with van der Waals surface area (Å²) in [6.45, 7) is 2.52. The maximum absolute atomic E-state index is 12.8. The molecule has 2 atom stereocenters. The molecule has 8 nitrogen and oxygen atoms in total. The van der Waals surface area contributed by atoms with Gasteiger partial charge in [-0.1, -0.05) is 11.2 Å². The van der Waals surface area contributed by atoms with E-state index in [2.05, 4.69) is 10.1 Å². The van der Waals surface area contributed by atoms with E-state index in [9.17, 15) is 4.79 Å². The molecule has 2 heterocycles. The number of nitrogens with zero attached hydrogens (tertiary/aromatic N) is 3.